The van der Waals surface area contributed by atoms with Crippen LogP contribution in [0.2, 0.25) is 0 Å². The zero-order chi connectivity index (χ0) is 22.9. The Kier molecular flexibility index (Phi) is 7.42. The molecule has 3 aromatic rings. The molecule has 1 N–H and O–H groups in total. The number of amides is 1. The molecule has 0 spiro atoms. The number of carbonyl (C=O) groups excluding carboxylic acids is 3. The molecular weight excluding hydrogens is 412 g/mol. The van der Waals surface area contributed by atoms with Gasteiger partial charge in [0.2, 0.25) is 11.7 Å². The van der Waals surface area contributed by atoms with Gasteiger partial charge in [0.05, 0.1) is 11.3 Å². The largest absolute Gasteiger partial charge is 0.448 e. The Morgan fingerprint density at radius 1 is 0.875 bits per heavy atom. The van der Waals surface area contributed by atoms with Crippen LogP contribution in [0.1, 0.15) is 27.6 Å². The number of nitrogens with zero attached hydrogens (tertiary/aromatic N) is 1. The smallest absolute Gasteiger partial charge is 0.326 e. The third kappa shape index (κ3) is 6.09. The maximum absolute atomic E-state index is 13.0. The summed E-state index contributed by atoms with van der Waals surface area (Å²) in [6, 6.07) is 22.5. The van der Waals surface area contributed by atoms with Crippen molar-refractivity contribution in [3.05, 3.63) is 112 Å². The minimum absolute atomic E-state index is 0.100. The molecule has 162 valence electrons. The van der Waals surface area contributed by atoms with E-state index in [0.29, 0.717) is 5.56 Å². The zero-order valence-corrected chi connectivity index (χ0v) is 17.0. The molecule has 0 unspecified atom stereocenters. The predicted molar refractivity (Wildman–Crippen MR) is 116 cm³/mol. The van der Waals surface area contributed by atoms with Crippen LogP contribution in [0.15, 0.2) is 84.9 Å². The highest BCUT2D eigenvalue weighted by Crippen LogP contribution is 2.25. The van der Waals surface area contributed by atoms with Crippen LogP contribution in [0.3, 0.4) is 0 Å². The molecule has 0 saturated carbocycles. The Labute approximate surface area is 184 Å². The van der Waals surface area contributed by atoms with Crippen LogP contribution in [0.5, 0.6) is 0 Å². The number of hydrogen-bond acceptors (Lipinski definition) is 6. The van der Waals surface area contributed by atoms with Crippen molar-refractivity contribution in [2.45, 2.75) is 12.5 Å². The number of nitrogens with one attached hydrogen (secondary N) is 1. The average Bonchev–Trinajstić information content (AvgIpc) is 2.82. The van der Waals surface area contributed by atoms with Gasteiger partial charge in [-0.2, -0.15) is 0 Å². The number of esters is 1. The van der Waals surface area contributed by atoms with Crippen LogP contribution in [0.25, 0.3) is 0 Å². The van der Waals surface area contributed by atoms with Gasteiger partial charge in [-0.25, -0.2) is 0 Å². The Bertz CT molecular complexity index is 1100. The van der Waals surface area contributed by atoms with Crippen LogP contribution >= 0.6 is 0 Å². The molecule has 0 aliphatic rings. The highest BCUT2D eigenvalue weighted by Gasteiger charge is 2.27. The van der Waals surface area contributed by atoms with Crippen molar-refractivity contribution < 1.29 is 24.0 Å². The van der Waals surface area contributed by atoms with Crippen molar-refractivity contribution in [3.63, 3.8) is 0 Å². The normalized spacial score (nSPS) is 11.2. The maximum Gasteiger partial charge on any atom is 0.326 e. The number of Topliss-reactive ketones (excluding diaryl/α,β-unsaturated/α-hetero) is 1. The van der Waals surface area contributed by atoms with Gasteiger partial charge in [0.15, 0.2) is 6.10 Å². The SMILES string of the molecule is O=C(Cc1ccccc1)NCC(=O)O[C@H](C(=O)c1ccccc1)c1ccc([N+](=O)[O-])cc1. The standard InChI is InChI=1S/C24H20N2O6/c27-21(15-17-7-3-1-4-8-17)25-16-22(28)32-24(23(29)18-9-5-2-6-10-18)19-11-13-20(14-12-19)26(30)31/h1-14,24H,15-16H2,(H,25,27)/t24-/m0/s1. The number of nitro groups is 1. The number of rotatable bonds is 9. The van der Waals surface area contributed by atoms with Gasteiger partial charge in [0, 0.05) is 23.3 Å². The summed E-state index contributed by atoms with van der Waals surface area (Å²) in [6.45, 7) is -0.419. The summed E-state index contributed by atoms with van der Waals surface area (Å²) in [5, 5.41) is 13.4. The second kappa shape index (κ2) is 10.6. The summed E-state index contributed by atoms with van der Waals surface area (Å²) in [5.41, 5.74) is 1.24. The van der Waals surface area contributed by atoms with Crippen molar-refractivity contribution in [1.82, 2.24) is 5.32 Å². The lowest BCUT2D eigenvalue weighted by molar-refractivity contribution is -0.384. The number of ether oxygens (including phenoxy) is 1. The van der Waals surface area contributed by atoms with Gasteiger partial charge in [0.1, 0.15) is 6.54 Å². The summed E-state index contributed by atoms with van der Waals surface area (Å²) >= 11 is 0. The van der Waals surface area contributed by atoms with Gasteiger partial charge in [-0.05, 0) is 17.7 Å². The molecule has 8 heteroatoms. The predicted octanol–water partition coefficient (Wildman–Crippen LogP) is 3.42. The van der Waals surface area contributed by atoms with Crippen LogP contribution < -0.4 is 5.32 Å². The fraction of sp³-hybridized carbons (Fsp3) is 0.125. The molecular formula is C24H20N2O6. The second-order valence-corrected chi connectivity index (χ2v) is 6.89. The van der Waals surface area contributed by atoms with Gasteiger partial charge < -0.3 is 10.1 Å². The van der Waals surface area contributed by atoms with E-state index in [1.165, 1.54) is 24.3 Å². The lowest BCUT2D eigenvalue weighted by atomic mass is 9.99. The van der Waals surface area contributed by atoms with Crippen molar-refractivity contribution in [3.8, 4) is 0 Å². The fourth-order valence-electron chi connectivity index (χ4n) is 2.99. The fourth-order valence-corrected chi connectivity index (χ4v) is 2.99. The maximum atomic E-state index is 13.0. The average molecular weight is 432 g/mol. The Morgan fingerprint density at radius 2 is 1.47 bits per heavy atom. The molecule has 32 heavy (non-hydrogen) atoms. The topological polar surface area (TPSA) is 116 Å². The van der Waals surface area contributed by atoms with E-state index in [9.17, 15) is 24.5 Å². The molecule has 1 atom stereocenters. The summed E-state index contributed by atoms with van der Waals surface area (Å²) in [6.07, 6.45) is -1.21. The summed E-state index contributed by atoms with van der Waals surface area (Å²) in [5.74, 6) is -1.66. The lowest BCUT2D eigenvalue weighted by Gasteiger charge is -2.17. The van der Waals surface area contributed by atoms with Crippen molar-refractivity contribution in [2.75, 3.05) is 6.54 Å². The quantitative estimate of drug-likeness (QED) is 0.240. The highest BCUT2D eigenvalue weighted by atomic mass is 16.6. The molecule has 0 fully saturated rings. The van der Waals surface area contributed by atoms with Gasteiger partial charge in [-0.15, -0.1) is 0 Å². The number of nitro benzene ring substituents is 1. The minimum Gasteiger partial charge on any atom is -0.448 e. The Morgan fingerprint density at radius 3 is 2.06 bits per heavy atom. The molecule has 0 saturated heterocycles. The lowest BCUT2D eigenvalue weighted by Crippen LogP contribution is -2.33. The Hall–Kier alpha value is -4.33. The molecule has 0 heterocycles. The summed E-state index contributed by atoms with van der Waals surface area (Å²) in [4.78, 5) is 47.8. The van der Waals surface area contributed by atoms with Crippen molar-refractivity contribution >= 4 is 23.3 Å². The zero-order valence-electron chi connectivity index (χ0n) is 17.0. The van der Waals surface area contributed by atoms with E-state index in [1.807, 2.05) is 6.07 Å². The number of hydrogen-bond donors (Lipinski definition) is 1. The molecule has 0 aromatic heterocycles. The molecule has 0 aliphatic heterocycles. The van der Waals surface area contributed by atoms with E-state index < -0.39 is 29.3 Å². The first-order valence-corrected chi connectivity index (χ1v) is 9.78. The molecule has 3 rings (SSSR count). The van der Waals surface area contributed by atoms with Crippen molar-refractivity contribution in [1.29, 1.82) is 0 Å². The van der Waals surface area contributed by atoms with Crippen LogP contribution in [0.4, 0.5) is 5.69 Å². The van der Waals surface area contributed by atoms with E-state index >= 15 is 0 Å². The van der Waals surface area contributed by atoms with Crippen LogP contribution in [-0.2, 0) is 20.7 Å². The number of ketones is 1. The van der Waals surface area contributed by atoms with Crippen LogP contribution in [0, 0.1) is 10.1 Å². The molecule has 8 nitrogen and oxygen atoms in total. The van der Waals surface area contributed by atoms with E-state index in [0.717, 1.165) is 5.56 Å². The van der Waals surface area contributed by atoms with Crippen molar-refractivity contribution in [2.24, 2.45) is 0 Å². The third-order valence-electron chi connectivity index (χ3n) is 4.59. The van der Waals surface area contributed by atoms with E-state index in [2.05, 4.69) is 5.32 Å². The van der Waals surface area contributed by atoms with Gasteiger partial charge in [0.25, 0.3) is 5.69 Å². The number of benzene rings is 3. The van der Waals surface area contributed by atoms with Gasteiger partial charge >= 0.3 is 5.97 Å². The van der Waals surface area contributed by atoms with E-state index in [1.54, 1.807) is 54.6 Å². The summed E-state index contributed by atoms with van der Waals surface area (Å²) in [7, 11) is 0. The first kappa shape index (κ1) is 22.4. The van der Waals surface area contributed by atoms with Crippen LogP contribution in [-0.4, -0.2) is 29.1 Å². The highest BCUT2D eigenvalue weighted by molar-refractivity contribution is 6.01. The molecule has 0 radical (unpaired) electrons. The first-order valence-electron chi connectivity index (χ1n) is 9.78. The minimum atomic E-state index is -1.31. The molecule has 1 amide bonds. The number of non-ortho nitro benzene ring substituents is 1. The molecule has 3 aromatic carbocycles. The monoisotopic (exact) mass is 432 g/mol. The number of carbonyl (C=O) groups is 3. The second-order valence-electron chi connectivity index (χ2n) is 6.89. The Balaban J connectivity index is 1.70. The first-order chi connectivity index (χ1) is 15.4. The molecule has 0 bridgehead atoms. The third-order valence-corrected chi connectivity index (χ3v) is 4.59. The van der Waals surface area contributed by atoms with E-state index in [4.69, 9.17) is 4.74 Å². The molecule has 0 aliphatic carbocycles. The van der Waals surface area contributed by atoms with Gasteiger partial charge in [-0.1, -0.05) is 60.7 Å². The van der Waals surface area contributed by atoms with E-state index in [-0.39, 0.29) is 23.6 Å². The van der Waals surface area contributed by atoms with Gasteiger partial charge in [-0.3, -0.25) is 24.5 Å². The summed E-state index contributed by atoms with van der Waals surface area (Å²) < 4.78 is 5.38.